The Morgan fingerprint density at radius 2 is 2.20 bits per heavy atom. The number of rotatable bonds is 6. The predicted molar refractivity (Wildman–Crippen MR) is 118 cm³/mol. The molecular formula is C22H29N7O. The molecule has 0 spiro atoms. The number of nitrogens with zero attached hydrogens (tertiary/aromatic N) is 4. The van der Waals surface area contributed by atoms with Gasteiger partial charge in [-0.1, -0.05) is 13.0 Å². The van der Waals surface area contributed by atoms with Gasteiger partial charge < -0.3 is 20.9 Å². The number of hydrogen-bond acceptors (Lipinski definition) is 6. The number of carbonyl (C=O) groups is 1. The van der Waals surface area contributed by atoms with Gasteiger partial charge in [-0.2, -0.15) is 9.61 Å². The first kappa shape index (κ1) is 19.1. The third kappa shape index (κ3) is 3.92. The Bertz CT molecular complexity index is 1020. The quantitative estimate of drug-likeness (QED) is 0.682. The number of likely N-dealkylation sites (N-methyl/N-ethyl adjacent to an activating group) is 1. The van der Waals surface area contributed by atoms with Gasteiger partial charge in [0, 0.05) is 36.0 Å². The minimum Gasteiger partial charge on any atom is -0.368 e. The zero-order valence-corrected chi connectivity index (χ0v) is 17.4. The van der Waals surface area contributed by atoms with Gasteiger partial charge in [0.15, 0.2) is 5.65 Å². The van der Waals surface area contributed by atoms with Gasteiger partial charge in [-0.25, -0.2) is 4.98 Å². The van der Waals surface area contributed by atoms with E-state index in [2.05, 4.69) is 45.6 Å². The van der Waals surface area contributed by atoms with Crippen molar-refractivity contribution in [1.82, 2.24) is 24.8 Å². The second-order valence-corrected chi connectivity index (χ2v) is 8.66. The molecule has 2 aromatic heterocycles. The predicted octanol–water partition coefficient (Wildman–Crippen LogP) is 2.62. The Morgan fingerprint density at radius 3 is 2.93 bits per heavy atom. The number of nitrogens with one attached hydrogen (secondary N) is 3. The van der Waals surface area contributed by atoms with Crippen LogP contribution in [0.2, 0.25) is 0 Å². The Balaban J connectivity index is 1.45. The lowest BCUT2D eigenvalue weighted by Crippen LogP contribution is -2.40. The number of fused-ring (bicyclic) bond motifs is 1. The highest BCUT2D eigenvalue weighted by Crippen LogP contribution is 2.29. The van der Waals surface area contributed by atoms with E-state index in [1.54, 1.807) is 0 Å². The van der Waals surface area contributed by atoms with Crippen molar-refractivity contribution >= 4 is 29.3 Å². The smallest absolute Gasteiger partial charge is 0.228 e. The lowest BCUT2D eigenvalue weighted by atomic mass is 10.0. The number of likely N-dealkylation sites (tertiary alicyclic amines) is 1. The van der Waals surface area contributed by atoms with E-state index in [1.807, 2.05) is 16.8 Å². The van der Waals surface area contributed by atoms with Crippen LogP contribution in [0.5, 0.6) is 0 Å². The van der Waals surface area contributed by atoms with Crippen LogP contribution in [0.3, 0.4) is 0 Å². The summed E-state index contributed by atoms with van der Waals surface area (Å²) >= 11 is 0. The lowest BCUT2D eigenvalue weighted by Gasteiger charge is -2.32. The van der Waals surface area contributed by atoms with E-state index in [9.17, 15) is 4.79 Å². The summed E-state index contributed by atoms with van der Waals surface area (Å²) in [7, 11) is 2.20. The van der Waals surface area contributed by atoms with Gasteiger partial charge in [0.2, 0.25) is 5.91 Å². The maximum atomic E-state index is 11.7. The summed E-state index contributed by atoms with van der Waals surface area (Å²) in [5, 5.41) is 14.5. The summed E-state index contributed by atoms with van der Waals surface area (Å²) in [4.78, 5) is 19.0. The highest BCUT2D eigenvalue weighted by molar-refractivity contribution is 5.89. The van der Waals surface area contributed by atoms with Crippen molar-refractivity contribution in [2.75, 3.05) is 30.8 Å². The number of hydrogen-bond donors (Lipinski definition) is 3. The van der Waals surface area contributed by atoms with Crippen LogP contribution in [0, 0.1) is 0 Å². The van der Waals surface area contributed by atoms with Crippen LogP contribution in [-0.2, 0) is 4.79 Å². The van der Waals surface area contributed by atoms with Gasteiger partial charge in [0.1, 0.15) is 11.6 Å². The molecule has 8 heteroatoms. The summed E-state index contributed by atoms with van der Waals surface area (Å²) < 4.78 is 1.86. The highest BCUT2D eigenvalue weighted by Gasteiger charge is 2.24. The number of piperidine rings is 1. The highest BCUT2D eigenvalue weighted by atomic mass is 16.1. The van der Waals surface area contributed by atoms with E-state index < -0.39 is 0 Å². The van der Waals surface area contributed by atoms with Crippen molar-refractivity contribution in [3.05, 3.63) is 35.7 Å². The van der Waals surface area contributed by atoms with Gasteiger partial charge in [0.25, 0.3) is 0 Å². The van der Waals surface area contributed by atoms with E-state index in [-0.39, 0.29) is 5.91 Å². The molecule has 1 saturated carbocycles. The molecule has 158 valence electrons. The van der Waals surface area contributed by atoms with Crippen LogP contribution in [0.4, 0.5) is 11.6 Å². The third-order valence-electron chi connectivity index (χ3n) is 6.23. The fraction of sp³-hybridized carbons (Fsp3) is 0.500. The Kier molecular flexibility index (Phi) is 4.94. The first-order chi connectivity index (χ1) is 14.6. The number of aromatic nitrogens is 3. The van der Waals surface area contributed by atoms with Gasteiger partial charge >= 0.3 is 0 Å². The molecule has 2 aliphatic heterocycles. The van der Waals surface area contributed by atoms with Gasteiger partial charge in [-0.15, -0.1) is 0 Å². The molecule has 3 fully saturated rings. The molecule has 0 bridgehead atoms. The molecule has 3 N–H and O–H groups in total. The van der Waals surface area contributed by atoms with E-state index in [4.69, 9.17) is 4.98 Å². The minimum atomic E-state index is -0.0225. The van der Waals surface area contributed by atoms with Crippen LogP contribution < -0.4 is 16.0 Å². The first-order valence-electron chi connectivity index (χ1n) is 10.9. The summed E-state index contributed by atoms with van der Waals surface area (Å²) in [5.74, 6) is 1.78. The maximum Gasteiger partial charge on any atom is 0.228 e. The van der Waals surface area contributed by atoms with E-state index >= 15 is 0 Å². The zero-order valence-electron chi connectivity index (χ0n) is 17.4. The molecule has 2 saturated heterocycles. The standard InChI is InChI=1S/C22H29N7O/c1-14-15(10-21(30)25-14)9-16-12-24-29-20(26-17-6-7-17)11-19(27-22(16)29)23-13-18-5-3-4-8-28(18)2/h9,11-12,17-18,26H,1,3-8,10,13H2,2H3,(H,23,27)(H,25,30)/b15-9+. The van der Waals surface area contributed by atoms with Gasteiger partial charge in [-0.05, 0) is 50.9 Å². The summed E-state index contributed by atoms with van der Waals surface area (Å²) in [5.41, 5.74) is 3.21. The second-order valence-electron chi connectivity index (χ2n) is 8.66. The van der Waals surface area contributed by atoms with Crippen LogP contribution in [0.25, 0.3) is 11.7 Å². The SMILES string of the molecule is C=C1NC(=O)C/C1=C\c1cnn2c(NC3CC3)cc(NCC3CCCCN3C)nc12. The third-order valence-corrected chi connectivity index (χ3v) is 6.23. The molecular weight excluding hydrogens is 378 g/mol. The van der Waals surface area contributed by atoms with E-state index in [1.165, 1.54) is 32.1 Å². The van der Waals surface area contributed by atoms with Crippen molar-refractivity contribution < 1.29 is 4.79 Å². The summed E-state index contributed by atoms with van der Waals surface area (Å²) in [6, 6.07) is 3.09. The molecule has 4 heterocycles. The average Bonchev–Trinajstić information content (AvgIpc) is 3.36. The molecule has 8 nitrogen and oxygen atoms in total. The molecule has 1 atom stereocenters. The van der Waals surface area contributed by atoms with Gasteiger partial charge in [0.05, 0.1) is 12.6 Å². The van der Waals surface area contributed by atoms with Crippen molar-refractivity contribution in [3.8, 4) is 0 Å². The largest absolute Gasteiger partial charge is 0.368 e. The van der Waals surface area contributed by atoms with Gasteiger partial charge in [-0.3, -0.25) is 4.79 Å². The molecule has 30 heavy (non-hydrogen) atoms. The van der Waals surface area contributed by atoms with Crippen molar-refractivity contribution in [2.24, 2.45) is 0 Å². The zero-order chi connectivity index (χ0) is 20.7. The summed E-state index contributed by atoms with van der Waals surface area (Å²) in [6.45, 7) is 5.97. The van der Waals surface area contributed by atoms with Crippen molar-refractivity contribution in [3.63, 3.8) is 0 Å². The monoisotopic (exact) mass is 407 g/mol. The maximum absolute atomic E-state index is 11.7. The first-order valence-corrected chi connectivity index (χ1v) is 10.9. The molecule has 2 aromatic rings. The van der Waals surface area contributed by atoms with Crippen LogP contribution in [-0.4, -0.2) is 57.6 Å². The number of anilines is 2. The molecule has 0 aromatic carbocycles. The molecule has 1 unspecified atom stereocenters. The van der Waals surface area contributed by atoms with Crippen LogP contribution >= 0.6 is 0 Å². The normalized spacial score (nSPS) is 23.9. The van der Waals surface area contributed by atoms with Crippen LogP contribution in [0.1, 0.15) is 44.1 Å². The van der Waals surface area contributed by atoms with Crippen molar-refractivity contribution in [1.29, 1.82) is 0 Å². The van der Waals surface area contributed by atoms with Crippen molar-refractivity contribution in [2.45, 2.75) is 50.6 Å². The summed E-state index contributed by atoms with van der Waals surface area (Å²) in [6.07, 6.45) is 10.3. The lowest BCUT2D eigenvalue weighted by molar-refractivity contribution is -0.118. The molecule has 1 amide bonds. The molecule has 1 aliphatic carbocycles. The average molecular weight is 408 g/mol. The second kappa shape index (κ2) is 7.75. The van der Waals surface area contributed by atoms with E-state index in [0.717, 1.165) is 41.5 Å². The molecule has 5 rings (SSSR count). The van der Waals surface area contributed by atoms with Crippen LogP contribution in [0.15, 0.2) is 30.1 Å². The minimum absolute atomic E-state index is 0.0225. The fourth-order valence-electron chi connectivity index (χ4n) is 4.23. The van der Waals surface area contributed by atoms with E-state index in [0.29, 0.717) is 24.2 Å². The Labute approximate surface area is 176 Å². The Morgan fingerprint density at radius 1 is 1.33 bits per heavy atom. The number of carbonyl (C=O) groups excluding carboxylic acids is 1. The molecule has 3 aliphatic rings. The Hall–Kier alpha value is -2.87. The number of allylic oxidation sites excluding steroid dienone is 1. The topological polar surface area (TPSA) is 86.6 Å². The fourth-order valence-corrected chi connectivity index (χ4v) is 4.23. The number of amides is 1. The molecule has 0 radical (unpaired) electrons.